The fraction of sp³-hybridized carbons (Fsp3) is 0.333. The molecule has 0 atom stereocenters. The molecule has 0 bridgehead atoms. The average molecular weight is 802 g/mol. The lowest BCUT2D eigenvalue weighted by Gasteiger charge is -2.27. The van der Waals surface area contributed by atoms with E-state index in [-0.39, 0.29) is 40.8 Å². The average Bonchev–Trinajstić information content (AvgIpc) is 2.94. The van der Waals surface area contributed by atoms with E-state index in [9.17, 15) is 80.7 Å². The Hall–Kier alpha value is -3.76. The maximum atomic E-state index is 12.3. The van der Waals surface area contributed by atoms with E-state index in [2.05, 4.69) is 4.65 Å². The molecule has 0 unspecified atom stereocenters. The molecule has 0 spiro atoms. The van der Waals surface area contributed by atoms with Crippen LogP contribution in [0.15, 0.2) is 66.7 Å². The number of ketones is 2. The van der Waals surface area contributed by atoms with Gasteiger partial charge in [-0.15, -0.1) is 8.42 Å². The van der Waals surface area contributed by atoms with Crippen LogP contribution in [-0.4, -0.2) is 55.4 Å². The van der Waals surface area contributed by atoms with Crippen molar-refractivity contribution in [1.29, 1.82) is 0 Å². The lowest BCUT2D eigenvalue weighted by Crippen LogP contribution is -2.50. The molecule has 0 N–H and O–H groups in total. The Labute approximate surface area is 291 Å². The van der Waals surface area contributed by atoms with Gasteiger partial charge in [-0.05, 0) is 42.5 Å². The lowest BCUT2D eigenvalue weighted by atomic mass is 10.1. The standard InChI is InChI=1S/2C11H12F3O2S.C8H3BF6O3/c2*1-17(2,16)7-10(15)8-3-5-9(6-4-8)11(12,13)14;10-7(11,12)4-1-5(8(13,14)15)3-6(2-4)18-9(16)17/h2*3-6H,7H2,1-2H3;1-3H/q2*+1;-2. The number of benzene rings is 3. The second kappa shape index (κ2) is 17.4. The first-order valence-corrected chi connectivity index (χ1v) is 18.8. The Morgan fingerprint density at radius 3 is 1.02 bits per heavy atom. The molecule has 0 radical (unpaired) electrons. The summed E-state index contributed by atoms with van der Waals surface area (Å²) in [5.41, 5.74) is -4.63. The minimum absolute atomic E-state index is 0.141. The number of rotatable bonds is 8. The Bertz CT molecular complexity index is 1640. The van der Waals surface area contributed by atoms with Gasteiger partial charge < -0.3 is 14.7 Å². The summed E-state index contributed by atoms with van der Waals surface area (Å²) in [6.45, 7) is 0. The predicted octanol–water partition coefficient (Wildman–Crippen LogP) is 6.10. The second-order valence-electron chi connectivity index (χ2n) is 11.3. The molecule has 22 heteroatoms. The predicted molar refractivity (Wildman–Crippen MR) is 164 cm³/mol. The molecule has 7 nitrogen and oxygen atoms in total. The monoisotopic (exact) mass is 802 g/mol. The molecule has 0 aliphatic rings. The Kier molecular flexibility index (Phi) is 15.5. The van der Waals surface area contributed by atoms with E-state index in [4.69, 9.17) is 0 Å². The van der Waals surface area contributed by atoms with E-state index in [1.165, 1.54) is 25.0 Å². The molecule has 3 aromatic rings. The largest absolute Gasteiger partial charge is 0.860 e. The van der Waals surface area contributed by atoms with Crippen LogP contribution in [0.5, 0.6) is 5.75 Å². The summed E-state index contributed by atoms with van der Waals surface area (Å²) in [6, 6.07) is 7.98. The number of alkyl halides is 12. The highest BCUT2D eigenvalue weighted by atomic mass is 32.2. The van der Waals surface area contributed by atoms with E-state index >= 15 is 0 Å². The third-order valence-corrected chi connectivity index (χ3v) is 7.73. The van der Waals surface area contributed by atoms with Gasteiger partial charge in [-0.1, -0.05) is 24.3 Å². The van der Waals surface area contributed by atoms with E-state index in [0.717, 1.165) is 48.5 Å². The van der Waals surface area contributed by atoms with Gasteiger partial charge in [0.05, 0.1) is 47.9 Å². The third kappa shape index (κ3) is 17.2. The van der Waals surface area contributed by atoms with Crippen LogP contribution >= 0.6 is 0 Å². The van der Waals surface area contributed by atoms with Gasteiger partial charge in [0.1, 0.15) is 32.3 Å². The topological polar surface area (TPSA) is 124 Å². The molecule has 0 aromatic heterocycles. The molecular formula is C30H27BF12O7S2. The second-order valence-corrected chi connectivity index (χ2v) is 17.6. The molecule has 0 amide bonds. The molecule has 0 aliphatic heterocycles. The Balaban J connectivity index is 0.000000390. The molecular weight excluding hydrogens is 775 g/mol. The number of carbonyl (C=O) groups is 2. The molecule has 0 saturated carbocycles. The number of hydrogen-bond donors (Lipinski definition) is 0. The summed E-state index contributed by atoms with van der Waals surface area (Å²) >= 11 is 0. The van der Waals surface area contributed by atoms with Crippen LogP contribution in [0, 0.1) is 0 Å². The van der Waals surface area contributed by atoms with Gasteiger partial charge in [-0.2, -0.15) is 52.7 Å². The highest BCUT2D eigenvalue weighted by Gasteiger charge is 2.37. The number of hydrogen-bond acceptors (Lipinski definition) is 7. The van der Waals surface area contributed by atoms with Crippen LogP contribution in [0.2, 0.25) is 0 Å². The van der Waals surface area contributed by atoms with Crippen LogP contribution in [0.1, 0.15) is 43.0 Å². The van der Waals surface area contributed by atoms with Gasteiger partial charge in [0.25, 0.3) is 0 Å². The smallest absolute Gasteiger partial charge is 0.416 e. The van der Waals surface area contributed by atoms with E-state index in [0.29, 0.717) is 0 Å². The Morgan fingerprint density at radius 1 is 0.538 bits per heavy atom. The third-order valence-electron chi connectivity index (χ3n) is 5.82. The zero-order valence-corrected chi connectivity index (χ0v) is 28.7. The summed E-state index contributed by atoms with van der Waals surface area (Å²) < 4.78 is 174. The highest BCUT2D eigenvalue weighted by molar-refractivity contribution is 8.02. The molecule has 0 aliphatic carbocycles. The van der Waals surface area contributed by atoms with Gasteiger partial charge in [0.2, 0.25) is 11.6 Å². The van der Waals surface area contributed by atoms with Crippen LogP contribution in [0.25, 0.3) is 0 Å². The van der Waals surface area contributed by atoms with Crippen molar-refractivity contribution in [2.45, 2.75) is 24.7 Å². The Morgan fingerprint density at radius 2 is 0.808 bits per heavy atom. The minimum atomic E-state index is -5.05. The van der Waals surface area contributed by atoms with Crippen molar-refractivity contribution in [3.8, 4) is 5.75 Å². The summed E-state index contributed by atoms with van der Waals surface area (Å²) in [7, 11) is -7.48. The molecule has 52 heavy (non-hydrogen) atoms. The van der Waals surface area contributed by atoms with Gasteiger partial charge >= 0.3 is 24.7 Å². The summed E-state index contributed by atoms with van der Waals surface area (Å²) in [5.74, 6) is -2.20. The first kappa shape index (κ1) is 46.3. The molecule has 0 fully saturated rings. The van der Waals surface area contributed by atoms with Crippen molar-refractivity contribution in [2.75, 3.05) is 36.5 Å². The number of Topliss-reactive ketones (excluding diaryl/α,β-unsaturated/α-hetero) is 2. The molecule has 0 saturated heterocycles. The van der Waals surface area contributed by atoms with Crippen molar-refractivity contribution in [3.63, 3.8) is 0 Å². The van der Waals surface area contributed by atoms with Crippen molar-refractivity contribution < 1.29 is 85.4 Å². The van der Waals surface area contributed by atoms with Crippen molar-refractivity contribution in [1.82, 2.24) is 0 Å². The van der Waals surface area contributed by atoms with Crippen molar-refractivity contribution in [2.24, 2.45) is 0 Å². The van der Waals surface area contributed by atoms with Crippen molar-refractivity contribution in [3.05, 3.63) is 100 Å². The van der Waals surface area contributed by atoms with E-state index < -0.39 is 91.5 Å². The number of halogens is 12. The highest BCUT2D eigenvalue weighted by Crippen LogP contribution is 2.38. The molecule has 3 aromatic carbocycles. The van der Waals surface area contributed by atoms with Crippen LogP contribution in [0.3, 0.4) is 0 Å². The molecule has 288 valence electrons. The summed E-state index contributed by atoms with van der Waals surface area (Å²) in [4.78, 5) is 23.1. The van der Waals surface area contributed by atoms with Crippen LogP contribution in [0.4, 0.5) is 52.7 Å². The van der Waals surface area contributed by atoms with Gasteiger partial charge in [0, 0.05) is 11.1 Å². The zero-order valence-electron chi connectivity index (χ0n) is 27.1. The lowest BCUT2D eigenvalue weighted by molar-refractivity contribution is -0.372. The fourth-order valence-electron chi connectivity index (χ4n) is 3.59. The first-order chi connectivity index (χ1) is 23.2. The molecule has 3 rings (SSSR count). The van der Waals surface area contributed by atoms with Crippen LogP contribution in [-0.2, 0) is 53.0 Å². The SMILES string of the molecule is C[S+](C)(=O)CC(=O)c1ccc(C(F)(F)F)cc1.C[S+](C)(=O)CC(=O)c1ccc(C(F)(F)F)cc1.[O-]B([O-])Oc1cc(C(F)(F)F)cc(C(F)(F)F)c1. The van der Waals surface area contributed by atoms with Crippen molar-refractivity contribution >= 4 is 38.8 Å². The van der Waals surface area contributed by atoms with E-state index in [1.807, 2.05) is 0 Å². The van der Waals surface area contributed by atoms with Gasteiger partial charge in [-0.3, -0.25) is 9.59 Å². The van der Waals surface area contributed by atoms with Crippen LogP contribution < -0.4 is 14.7 Å². The quantitative estimate of drug-likeness (QED) is 0.117. The molecule has 0 heterocycles. The zero-order chi connectivity index (χ0) is 40.7. The maximum Gasteiger partial charge on any atom is 0.416 e. The fourth-order valence-corrected chi connectivity index (χ4v) is 5.19. The summed E-state index contributed by atoms with van der Waals surface area (Å²) in [5, 5.41) is 20.2. The minimum Gasteiger partial charge on any atom is -0.860 e. The van der Waals surface area contributed by atoms with Gasteiger partial charge in [0.15, 0.2) is 11.5 Å². The van der Waals surface area contributed by atoms with Gasteiger partial charge in [-0.25, -0.2) is 0 Å². The first-order valence-electron chi connectivity index (χ1n) is 13.7. The normalized spacial score (nSPS) is 12.5. The maximum absolute atomic E-state index is 12.3. The number of carbonyl (C=O) groups excluding carboxylic acids is 2. The summed E-state index contributed by atoms with van der Waals surface area (Å²) in [6.07, 6.45) is -13.2. The van der Waals surface area contributed by atoms with E-state index in [1.54, 1.807) is 0 Å².